The van der Waals surface area contributed by atoms with Crippen LogP contribution in [0.1, 0.15) is 28.4 Å². The summed E-state index contributed by atoms with van der Waals surface area (Å²) in [5.41, 5.74) is 2.72. The van der Waals surface area contributed by atoms with Gasteiger partial charge in [-0.15, -0.1) is 0 Å². The summed E-state index contributed by atoms with van der Waals surface area (Å²) in [4.78, 5) is 4.60. The van der Waals surface area contributed by atoms with E-state index in [1.165, 1.54) is 4.31 Å². The molecule has 0 spiro atoms. The molecular weight excluding hydrogens is 390 g/mol. The molecule has 0 amide bonds. The maximum atomic E-state index is 12.9. The van der Waals surface area contributed by atoms with E-state index in [1.807, 2.05) is 50.2 Å². The number of benzene rings is 2. The fourth-order valence-electron chi connectivity index (χ4n) is 2.83. The molecule has 29 heavy (non-hydrogen) atoms. The first-order valence-corrected chi connectivity index (χ1v) is 10.7. The molecule has 8 heteroatoms. The van der Waals surface area contributed by atoms with Gasteiger partial charge in [-0.2, -0.15) is 4.98 Å². The van der Waals surface area contributed by atoms with Crippen molar-refractivity contribution in [3.05, 3.63) is 70.9 Å². The Kier molecular flexibility index (Phi) is 6.34. The maximum absolute atomic E-state index is 12.9. The maximum Gasteiger partial charge on any atom is 0.264 e. The van der Waals surface area contributed by atoms with Crippen LogP contribution in [-0.4, -0.2) is 36.5 Å². The van der Waals surface area contributed by atoms with Crippen molar-refractivity contribution in [3.8, 4) is 5.75 Å². The van der Waals surface area contributed by atoms with Crippen molar-refractivity contribution in [2.45, 2.75) is 38.7 Å². The minimum Gasteiger partial charge on any atom is -0.484 e. The summed E-state index contributed by atoms with van der Waals surface area (Å²) in [6.07, 6.45) is 0.342. The Morgan fingerprint density at radius 3 is 2.59 bits per heavy atom. The van der Waals surface area contributed by atoms with Crippen molar-refractivity contribution in [2.75, 3.05) is 13.6 Å². The number of ether oxygens (including phenoxy) is 1. The number of aromatic nitrogens is 2. The number of sulfonamides is 1. The third-order valence-electron chi connectivity index (χ3n) is 4.54. The van der Waals surface area contributed by atoms with Crippen molar-refractivity contribution in [3.63, 3.8) is 0 Å². The predicted octanol–water partition coefficient (Wildman–Crippen LogP) is 3.44. The van der Waals surface area contributed by atoms with Crippen LogP contribution in [0.25, 0.3) is 0 Å². The highest BCUT2D eigenvalue weighted by atomic mass is 32.2. The number of likely N-dealkylation sites (N-methyl/N-ethyl adjacent to an activating group) is 1. The van der Waals surface area contributed by atoms with E-state index < -0.39 is 10.0 Å². The Labute approximate surface area is 171 Å². The van der Waals surface area contributed by atoms with E-state index in [0.717, 1.165) is 22.4 Å². The molecule has 0 saturated heterocycles. The van der Waals surface area contributed by atoms with E-state index in [-0.39, 0.29) is 13.2 Å². The molecule has 3 rings (SSSR count). The standard InChI is InChI=1S/C21H25N3O4S/c1-15-6-5-7-18(12-15)27-14-21-22-20(23-28-21)10-11-24(4)29(25,26)19-13-16(2)8-9-17(19)3/h5-9,12-13H,10-11,14H2,1-4H3. The van der Waals surface area contributed by atoms with Gasteiger partial charge < -0.3 is 9.26 Å². The summed E-state index contributed by atoms with van der Waals surface area (Å²) in [6, 6.07) is 13.1. The molecule has 0 radical (unpaired) electrons. The zero-order valence-corrected chi connectivity index (χ0v) is 17.9. The second-order valence-electron chi connectivity index (χ2n) is 7.06. The van der Waals surface area contributed by atoms with E-state index >= 15 is 0 Å². The summed E-state index contributed by atoms with van der Waals surface area (Å²) in [6.45, 7) is 6.05. The molecule has 0 atom stereocenters. The van der Waals surface area contributed by atoms with Crippen LogP contribution in [-0.2, 0) is 23.1 Å². The molecule has 2 aromatic carbocycles. The fraction of sp³-hybridized carbons (Fsp3) is 0.333. The molecule has 0 bridgehead atoms. The summed E-state index contributed by atoms with van der Waals surface area (Å²) in [5.74, 6) is 1.52. The lowest BCUT2D eigenvalue weighted by Crippen LogP contribution is -2.29. The highest BCUT2D eigenvalue weighted by Crippen LogP contribution is 2.20. The number of rotatable bonds is 8. The topological polar surface area (TPSA) is 85.5 Å². The molecular formula is C21H25N3O4S. The van der Waals surface area contributed by atoms with E-state index in [4.69, 9.17) is 9.26 Å². The van der Waals surface area contributed by atoms with Crippen molar-refractivity contribution >= 4 is 10.0 Å². The zero-order chi connectivity index (χ0) is 21.0. The summed E-state index contributed by atoms with van der Waals surface area (Å²) in [5, 5.41) is 3.92. The lowest BCUT2D eigenvalue weighted by atomic mass is 10.2. The molecule has 0 saturated carbocycles. The summed E-state index contributed by atoms with van der Waals surface area (Å²) >= 11 is 0. The van der Waals surface area contributed by atoms with Crippen molar-refractivity contribution in [1.29, 1.82) is 0 Å². The smallest absolute Gasteiger partial charge is 0.264 e. The Morgan fingerprint density at radius 1 is 1.07 bits per heavy atom. The van der Waals surface area contributed by atoms with Gasteiger partial charge in [-0.1, -0.05) is 29.4 Å². The number of nitrogens with zero attached hydrogens (tertiary/aromatic N) is 3. The highest BCUT2D eigenvalue weighted by molar-refractivity contribution is 7.89. The third-order valence-corrected chi connectivity index (χ3v) is 6.54. The number of hydrogen-bond acceptors (Lipinski definition) is 6. The van der Waals surface area contributed by atoms with Crippen LogP contribution in [0.4, 0.5) is 0 Å². The molecule has 7 nitrogen and oxygen atoms in total. The lowest BCUT2D eigenvalue weighted by Gasteiger charge is -2.18. The summed E-state index contributed by atoms with van der Waals surface area (Å²) in [7, 11) is -2.03. The highest BCUT2D eigenvalue weighted by Gasteiger charge is 2.23. The molecule has 1 heterocycles. The van der Waals surface area contributed by atoms with Crippen LogP contribution >= 0.6 is 0 Å². The first kappa shape index (κ1) is 21.0. The first-order chi connectivity index (χ1) is 13.8. The Hall–Kier alpha value is -2.71. The molecule has 0 N–H and O–H groups in total. The Bertz CT molecular complexity index is 1090. The van der Waals surface area contributed by atoms with E-state index in [2.05, 4.69) is 10.1 Å². The van der Waals surface area contributed by atoms with Crippen LogP contribution in [0.3, 0.4) is 0 Å². The SMILES string of the molecule is Cc1cccc(OCc2nc(CCN(C)S(=O)(=O)c3cc(C)ccc3C)no2)c1. The van der Waals surface area contributed by atoms with Gasteiger partial charge in [-0.05, 0) is 55.7 Å². The van der Waals surface area contributed by atoms with Gasteiger partial charge in [0.15, 0.2) is 12.4 Å². The van der Waals surface area contributed by atoms with Crippen molar-refractivity contribution < 1.29 is 17.7 Å². The molecule has 0 aliphatic carbocycles. The predicted molar refractivity (Wildman–Crippen MR) is 109 cm³/mol. The van der Waals surface area contributed by atoms with Crippen LogP contribution < -0.4 is 4.74 Å². The first-order valence-electron chi connectivity index (χ1n) is 9.30. The Balaban J connectivity index is 1.59. The van der Waals surface area contributed by atoms with Crippen molar-refractivity contribution in [1.82, 2.24) is 14.4 Å². The van der Waals surface area contributed by atoms with E-state index in [1.54, 1.807) is 20.0 Å². The summed E-state index contributed by atoms with van der Waals surface area (Å²) < 4.78 is 37.9. The molecule has 0 aliphatic rings. The van der Waals surface area contributed by atoms with Crippen LogP contribution in [0, 0.1) is 20.8 Å². The van der Waals surface area contributed by atoms with Gasteiger partial charge in [-0.25, -0.2) is 12.7 Å². The van der Waals surface area contributed by atoms with Gasteiger partial charge in [0.1, 0.15) is 5.75 Å². The average Bonchev–Trinajstić information content (AvgIpc) is 3.14. The van der Waals surface area contributed by atoms with E-state index in [0.29, 0.717) is 23.0 Å². The van der Waals surface area contributed by atoms with Crippen LogP contribution in [0.5, 0.6) is 5.75 Å². The molecule has 0 fully saturated rings. The molecule has 3 aromatic rings. The van der Waals surface area contributed by atoms with Gasteiger partial charge in [0.05, 0.1) is 4.90 Å². The fourth-order valence-corrected chi connectivity index (χ4v) is 4.31. The number of aryl methyl sites for hydroxylation is 3. The van der Waals surface area contributed by atoms with Crippen LogP contribution in [0.2, 0.25) is 0 Å². The minimum atomic E-state index is -3.58. The largest absolute Gasteiger partial charge is 0.484 e. The Morgan fingerprint density at radius 2 is 1.83 bits per heavy atom. The average molecular weight is 416 g/mol. The second kappa shape index (κ2) is 8.75. The second-order valence-corrected chi connectivity index (χ2v) is 9.07. The van der Waals surface area contributed by atoms with Gasteiger partial charge >= 0.3 is 0 Å². The van der Waals surface area contributed by atoms with Crippen molar-refractivity contribution in [2.24, 2.45) is 0 Å². The lowest BCUT2D eigenvalue weighted by molar-refractivity contribution is 0.242. The molecule has 0 aliphatic heterocycles. The van der Waals surface area contributed by atoms with Gasteiger partial charge in [0, 0.05) is 20.0 Å². The monoisotopic (exact) mass is 415 g/mol. The number of hydrogen-bond donors (Lipinski definition) is 0. The minimum absolute atomic E-state index is 0.160. The zero-order valence-electron chi connectivity index (χ0n) is 17.0. The normalized spacial score (nSPS) is 11.8. The van der Waals surface area contributed by atoms with E-state index in [9.17, 15) is 8.42 Å². The molecule has 154 valence electrons. The van der Waals surface area contributed by atoms with Crippen LogP contribution in [0.15, 0.2) is 51.9 Å². The van der Waals surface area contributed by atoms with Gasteiger partial charge in [-0.3, -0.25) is 0 Å². The third kappa shape index (κ3) is 5.21. The quantitative estimate of drug-likeness (QED) is 0.560. The van der Waals surface area contributed by atoms with Gasteiger partial charge in [0.25, 0.3) is 5.89 Å². The molecule has 0 unspecified atom stereocenters. The molecule has 1 aromatic heterocycles. The van der Waals surface area contributed by atoms with Gasteiger partial charge in [0.2, 0.25) is 10.0 Å².